The third-order valence-corrected chi connectivity index (χ3v) is 2.04. The number of nitrogens with one attached hydrogen (secondary N) is 1. The Balaban J connectivity index is 2.74. The minimum absolute atomic E-state index is 0.0828. The summed E-state index contributed by atoms with van der Waals surface area (Å²) in [6.07, 6.45) is -4.23. The molecule has 0 aliphatic rings. The molecule has 1 N–H and O–H groups in total. The van der Waals surface area contributed by atoms with Gasteiger partial charge in [-0.15, -0.1) is 13.2 Å². The molecule has 0 unspecified atom stereocenters. The number of benzene rings is 1. The molecular weight excluding hydrogens is 255 g/mol. The Hall–Kier alpha value is -1.50. The van der Waals surface area contributed by atoms with Crippen LogP contribution >= 0.6 is 12.2 Å². The Morgan fingerprint density at radius 2 is 1.88 bits per heavy atom. The van der Waals surface area contributed by atoms with Crippen LogP contribution in [0.15, 0.2) is 24.3 Å². The molecule has 0 bridgehead atoms. The summed E-state index contributed by atoms with van der Waals surface area (Å²) in [5.41, 5.74) is 2.36. The van der Waals surface area contributed by atoms with E-state index < -0.39 is 12.1 Å². The molecule has 1 aromatic carbocycles. The fraction of sp³-hybridized carbons (Fsp3) is 0.300. The molecule has 1 rings (SSSR count). The number of para-hydroxylation sites is 2. The fourth-order valence-corrected chi connectivity index (χ4v) is 0.969. The molecule has 0 saturated heterocycles. The van der Waals surface area contributed by atoms with E-state index in [1.165, 1.54) is 18.2 Å². The van der Waals surface area contributed by atoms with E-state index in [2.05, 4.69) is 10.2 Å². The number of rotatable bonds is 4. The highest BCUT2D eigenvalue weighted by molar-refractivity contribution is 7.80. The number of hydroxylamine groups is 1. The van der Waals surface area contributed by atoms with Gasteiger partial charge in [0.2, 0.25) is 0 Å². The second-order valence-corrected chi connectivity index (χ2v) is 3.47. The lowest BCUT2D eigenvalue weighted by Gasteiger charge is -2.14. The Morgan fingerprint density at radius 1 is 1.29 bits per heavy atom. The van der Waals surface area contributed by atoms with E-state index in [1.54, 1.807) is 6.92 Å². The number of hydrogen-bond donors (Lipinski definition) is 1. The second-order valence-electron chi connectivity index (χ2n) is 2.98. The van der Waals surface area contributed by atoms with E-state index in [0.29, 0.717) is 11.4 Å². The van der Waals surface area contributed by atoms with Gasteiger partial charge in [0.05, 0.1) is 0 Å². The first-order valence-corrected chi connectivity index (χ1v) is 5.13. The van der Waals surface area contributed by atoms with Gasteiger partial charge in [-0.05, 0) is 18.6 Å². The molecule has 7 heteroatoms. The number of hydrogen-bond acceptors (Lipinski definition) is 3. The molecule has 0 radical (unpaired) electrons. The van der Waals surface area contributed by atoms with E-state index in [9.17, 15) is 13.2 Å². The fourth-order valence-electron chi connectivity index (χ4n) is 0.928. The molecule has 0 amide bonds. The lowest BCUT2D eigenvalue weighted by molar-refractivity contribution is -0.275. The number of ether oxygens (including phenoxy) is 1. The SMILES string of the molecule is CCC(=S)NOc1ccccc1OC(F)(F)F. The molecule has 3 nitrogen and oxygen atoms in total. The van der Waals surface area contributed by atoms with Gasteiger partial charge in [0.1, 0.15) is 4.99 Å². The molecule has 0 aliphatic heterocycles. The normalized spacial score (nSPS) is 10.8. The zero-order valence-corrected chi connectivity index (χ0v) is 9.69. The van der Waals surface area contributed by atoms with Crippen LogP contribution < -0.4 is 15.1 Å². The summed E-state index contributed by atoms with van der Waals surface area (Å²) in [7, 11) is 0. The average molecular weight is 265 g/mol. The van der Waals surface area contributed by atoms with Gasteiger partial charge in [-0.3, -0.25) is 0 Å². The van der Waals surface area contributed by atoms with E-state index in [4.69, 9.17) is 17.1 Å². The van der Waals surface area contributed by atoms with Crippen LogP contribution in [0, 0.1) is 0 Å². The predicted molar refractivity (Wildman–Crippen MR) is 59.8 cm³/mol. The zero-order chi connectivity index (χ0) is 12.9. The summed E-state index contributed by atoms with van der Waals surface area (Å²) < 4.78 is 40.0. The van der Waals surface area contributed by atoms with Crippen LogP contribution in [0.25, 0.3) is 0 Å². The maximum atomic E-state index is 12.1. The summed E-state index contributed by atoms with van der Waals surface area (Å²) in [6, 6.07) is 5.42. The van der Waals surface area contributed by atoms with Crippen molar-refractivity contribution < 1.29 is 22.7 Å². The molecule has 17 heavy (non-hydrogen) atoms. The van der Waals surface area contributed by atoms with E-state index in [1.807, 2.05) is 0 Å². The molecular formula is C10H10F3NO2S. The topological polar surface area (TPSA) is 30.5 Å². The third-order valence-electron chi connectivity index (χ3n) is 1.67. The largest absolute Gasteiger partial charge is 0.573 e. The summed E-state index contributed by atoms with van der Waals surface area (Å²) in [6.45, 7) is 1.79. The van der Waals surface area contributed by atoms with Gasteiger partial charge in [-0.1, -0.05) is 31.3 Å². The molecule has 0 spiro atoms. The standard InChI is InChI=1S/C10H10F3NO2S/c1-2-9(17)14-16-8-6-4-3-5-7(8)15-10(11,12)13/h3-6H,2H2,1H3,(H,14,17). The quantitative estimate of drug-likeness (QED) is 0.669. The molecule has 0 fully saturated rings. The van der Waals surface area contributed by atoms with Gasteiger partial charge in [0.25, 0.3) is 0 Å². The third kappa shape index (κ3) is 4.90. The van der Waals surface area contributed by atoms with Crippen LogP contribution in [0.1, 0.15) is 13.3 Å². The maximum Gasteiger partial charge on any atom is 0.573 e. The van der Waals surface area contributed by atoms with Crippen molar-refractivity contribution in [2.45, 2.75) is 19.7 Å². The molecule has 94 valence electrons. The van der Waals surface area contributed by atoms with Crippen molar-refractivity contribution in [1.29, 1.82) is 0 Å². The Labute approximate surface area is 101 Å². The highest BCUT2D eigenvalue weighted by atomic mass is 32.1. The van der Waals surface area contributed by atoms with Gasteiger partial charge in [0.15, 0.2) is 11.5 Å². The Bertz CT molecular complexity index is 395. The zero-order valence-electron chi connectivity index (χ0n) is 8.88. The molecule has 1 aromatic rings. The number of halogens is 3. The van der Waals surface area contributed by atoms with E-state index >= 15 is 0 Å². The monoisotopic (exact) mass is 265 g/mol. The first-order chi connectivity index (χ1) is 7.92. The minimum Gasteiger partial charge on any atom is -0.402 e. The first-order valence-electron chi connectivity index (χ1n) is 4.73. The van der Waals surface area contributed by atoms with Gasteiger partial charge < -0.3 is 9.57 Å². The van der Waals surface area contributed by atoms with Crippen molar-refractivity contribution in [1.82, 2.24) is 5.48 Å². The summed E-state index contributed by atoms with van der Waals surface area (Å²) >= 11 is 4.81. The lowest BCUT2D eigenvalue weighted by Crippen LogP contribution is -2.25. The van der Waals surface area contributed by atoms with E-state index in [-0.39, 0.29) is 5.75 Å². The first kappa shape index (κ1) is 13.6. The highest BCUT2D eigenvalue weighted by Gasteiger charge is 2.32. The molecule has 0 atom stereocenters. The van der Waals surface area contributed by atoms with Crippen molar-refractivity contribution in [3.63, 3.8) is 0 Å². The Morgan fingerprint density at radius 3 is 2.41 bits per heavy atom. The highest BCUT2D eigenvalue weighted by Crippen LogP contribution is 2.31. The molecule has 0 aliphatic carbocycles. The van der Waals surface area contributed by atoms with Crippen molar-refractivity contribution >= 4 is 17.2 Å². The second kappa shape index (κ2) is 5.72. The molecule has 0 heterocycles. The van der Waals surface area contributed by atoms with Crippen molar-refractivity contribution in [2.75, 3.05) is 0 Å². The van der Waals surface area contributed by atoms with Crippen LogP contribution in [0.5, 0.6) is 11.5 Å². The van der Waals surface area contributed by atoms with Crippen LogP contribution in [-0.2, 0) is 0 Å². The summed E-state index contributed by atoms with van der Waals surface area (Å²) in [5, 5.41) is 0. The number of alkyl halides is 3. The van der Waals surface area contributed by atoms with Gasteiger partial charge in [-0.25, -0.2) is 5.48 Å². The minimum atomic E-state index is -4.76. The number of thiocarbonyl (C=S) groups is 1. The van der Waals surface area contributed by atoms with Crippen LogP contribution in [0.2, 0.25) is 0 Å². The molecule has 0 saturated carbocycles. The van der Waals surface area contributed by atoms with Crippen molar-refractivity contribution in [2.24, 2.45) is 0 Å². The van der Waals surface area contributed by atoms with Crippen molar-refractivity contribution in [3.05, 3.63) is 24.3 Å². The van der Waals surface area contributed by atoms with Crippen molar-refractivity contribution in [3.8, 4) is 11.5 Å². The summed E-state index contributed by atoms with van der Waals surface area (Å²) in [5.74, 6) is -0.507. The summed E-state index contributed by atoms with van der Waals surface area (Å²) in [4.78, 5) is 5.30. The van der Waals surface area contributed by atoms with E-state index in [0.717, 1.165) is 6.07 Å². The smallest absolute Gasteiger partial charge is 0.402 e. The lowest BCUT2D eigenvalue weighted by atomic mass is 10.3. The van der Waals surface area contributed by atoms with Crippen LogP contribution in [0.3, 0.4) is 0 Å². The Kier molecular flexibility index (Phi) is 4.56. The van der Waals surface area contributed by atoms with Crippen LogP contribution in [-0.4, -0.2) is 11.4 Å². The van der Waals surface area contributed by atoms with Gasteiger partial charge in [0, 0.05) is 0 Å². The van der Waals surface area contributed by atoms with Gasteiger partial charge in [-0.2, -0.15) is 0 Å². The predicted octanol–water partition coefficient (Wildman–Crippen LogP) is 3.21. The molecule has 0 aromatic heterocycles. The van der Waals surface area contributed by atoms with Gasteiger partial charge >= 0.3 is 6.36 Å². The van der Waals surface area contributed by atoms with Crippen LogP contribution in [0.4, 0.5) is 13.2 Å². The average Bonchev–Trinajstić information content (AvgIpc) is 2.25. The maximum absolute atomic E-state index is 12.1.